The molecule has 5 heteroatoms. The molecule has 0 aliphatic heterocycles. The molecular formula is C12H19N3O2. The third-order valence-electron chi connectivity index (χ3n) is 2.10. The Morgan fingerprint density at radius 3 is 2.65 bits per heavy atom. The van der Waals surface area contributed by atoms with Crippen LogP contribution in [0.1, 0.15) is 0 Å². The largest absolute Gasteiger partial charge is 0.383 e. The number of hydrogen-bond donors (Lipinski definition) is 3. The van der Waals surface area contributed by atoms with E-state index in [1.807, 2.05) is 30.3 Å². The van der Waals surface area contributed by atoms with Crippen molar-refractivity contribution in [1.29, 1.82) is 0 Å². The van der Waals surface area contributed by atoms with Gasteiger partial charge in [-0.15, -0.1) is 0 Å². The molecule has 0 aliphatic carbocycles. The lowest BCUT2D eigenvalue weighted by Gasteiger charge is -2.08. The maximum atomic E-state index is 11.4. The predicted octanol–water partition coefficient (Wildman–Crippen LogP) is 1.04. The van der Waals surface area contributed by atoms with E-state index >= 15 is 0 Å². The van der Waals surface area contributed by atoms with Gasteiger partial charge >= 0.3 is 6.03 Å². The van der Waals surface area contributed by atoms with E-state index in [9.17, 15) is 4.79 Å². The standard InChI is InChI=1S/C12H19N3O2/c1-17-10-9-13-7-8-14-12(16)15-11-5-3-2-4-6-11/h2-6,13H,7-10H2,1H3,(H2,14,15,16). The molecule has 0 aliphatic rings. The molecule has 2 amide bonds. The highest BCUT2D eigenvalue weighted by molar-refractivity contribution is 5.89. The fraction of sp³-hybridized carbons (Fsp3) is 0.417. The number of urea groups is 1. The van der Waals surface area contributed by atoms with Gasteiger partial charge < -0.3 is 20.7 Å². The quantitative estimate of drug-likeness (QED) is 0.621. The van der Waals surface area contributed by atoms with Crippen LogP contribution in [-0.2, 0) is 4.74 Å². The van der Waals surface area contributed by atoms with Gasteiger partial charge in [0.2, 0.25) is 0 Å². The number of anilines is 1. The molecule has 1 aromatic carbocycles. The molecule has 3 N–H and O–H groups in total. The summed E-state index contributed by atoms with van der Waals surface area (Å²) in [5.74, 6) is 0. The molecular weight excluding hydrogens is 218 g/mol. The zero-order valence-corrected chi connectivity index (χ0v) is 10.0. The van der Waals surface area contributed by atoms with Crippen molar-refractivity contribution in [3.05, 3.63) is 30.3 Å². The van der Waals surface area contributed by atoms with Gasteiger partial charge in [0.15, 0.2) is 0 Å². The van der Waals surface area contributed by atoms with E-state index in [2.05, 4.69) is 16.0 Å². The Bertz CT molecular complexity index is 317. The minimum atomic E-state index is -0.190. The van der Waals surface area contributed by atoms with Crippen LogP contribution < -0.4 is 16.0 Å². The Hall–Kier alpha value is -1.59. The van der Waals surface area contributed by atoms with Crippen LogP contribution in [0.25, 0.3) is 0 Å². The first-order valence-electron chi connectivity index (χ1n) is 5.62. The van der Waals surface area contributed by atoms with Gasteiger partial charge in [-0.05, 0) is 12.1 Å². The zero-order valence-electron chi connectivity index (χ0n) is 10.0. The number of nitrogens with one attached hydrogen (secondary N) is 3. The maximum absolute atomic E-state index is 11.4. The molecule has 0 atom stereocenters. The number of hydrogen-bond acceptors (Lipinski definition) is 3. The monoisotopic (exact) mass is 237 g/mol. The third-order valence-corrected chi connectivity index (χ3v) is 2.10. The fourth-order valence-corrected chi connectivity index (χ4v) is 1.26. The summed E-state index contributed by atoms with van der Waals surface area (Å²) in [5, 5.41) is 8.63. The van der Waals surface area contributed by atoms with Crippen molar-refractivity contribution in [3.63, 3.8) is 0 Å². The van der Waals surface area contributed by atoms with E-state index in [1.54, 1.807) is 7.11 Å². The number of carbonyl (C=O) groups is 1. The van der Waals surface area contributed by atoms with Crippen molar-refractivity contribution in [2.45, 2.75) is 0 Å². The summed E-state index contributed by atoms with van der Waals surface area (Å²) < 4.78 is 4.89. The summed E-state index contributed by atoms with van der Waals surface area (Å²) in [6.45, 7) is 2.78. The topological polar surface area (TPSA) is 62.4 Å². The van der Waals surface area contributed by atoms with E-state index < -0.39 is 0 Å². The molecule has 0 unspecified atom stereocenters. The van der Waals surface area contributed by atoms with Gasteiger partial charge in [0, 0.05) is 32.4 Å². The summed E-state index contributed by atoms with van der Waals surface area (Å²) in [6, 6.07) is 9.16. The minimum Gasteiger partial charge on any atom is -0.383 e. The van der Waals surface area contributed by atoms with Gasteiger partial charge in [-0.1, -0.05) is 18.2 Å². The van der Waals surface area contributed by atoms with Gasteiger partial charge in [0.25, 0.3) is 0 Å². The van der Waals surface area contributed by atoms with Crippen molar-refractivity contribution in [2.75, 3.05) is 38.7 Å². The third kappa shape index (κ3) is 6.55. The first-order valence-corrected chi connectivity index (χ1v) is 5.62. The molecule has 94 valence electrons. The normalized spacial score (nSPS) is 9.94. The predicted molar refractivity (Wildman–Crippen MR) is 68.2 cm³/mol. The molecule has 0 bridgehead atoms. The SMILES string of the molecule is COCCNCCNC(=O)Nc1ccccc1. The lowest BCUT2D eigenvalue weighted by Crippen LogP contribution is -2.35. The van der Waals surface area contributed by atoms with Crippen molar-refractivity contribution in [1.82, 2.24) is 10.6 Å². The average molecular weight is 237 g/mol. The molecule has 0 radical (unpaired) electrons. The zero-order chi connectivity index (χ0) is 12.3. The van der Waals surface area contributed by atoms with Crippen LogP contribution in [0.15, 0.2) is 30.3 Å². The maximum Gasteiger partial charge on any atom is 0.319 e. The Morgan fingerprint density at radius 1 is 1.18 bits per heavy atom. The first kappa shape index (κ1) is 13.5. The lowest BCUT2D eigenvalue weighted by molar-refractivity contribution is 0.199. The second kappa shape index (κ2) is 8.55. The second-order valence-corrected chi connectivity index (χ2v) is 3.49. The fourth-order valence-electron chi connectivity index (χ4n) is 1.26. The van der Waals surface area contributed by atoms with E-state index in [-0.39, 0.29) is 6.03 Å². The van der Waals surface area contributed by atoms with Crippen LogP contribution in [0, 0.1) is 0 Å². The van der Waals surface area contributed by atoms with Crippen molar-refractivity contribution in [3.8, 4) is 0 Å². The van der Waals surface area contributed by atoms with Gasteiger partial charge in [-0.25, -0.2) is 4.79 Å². The van der Waals surface area contributed by atoms with Crippen LogP contribution >= 0.6 is 0 Å². The number of carbonyl (C=O) groups excluding carboxylic acids is 1. The smallest absolute Gasteiger partial charge is 0.319 e. The van der Waals surface area contributed by atoms with Gasteiger partial charge in [0.1, 0.15) is 0 Å². The summed E-state index contributed by atoms with van der Waals surface area (Å²) in [7, 11) is 1.66. The van der Waals surface area contributed by atoms with Gasteiger partial charge in [0.05, 0.1) is 6.61 Å². The van der Waals surface area contributed by atoms with Crippen molar-refractivity contribution < 1.29 is 9.53 Å². The van der Waals surface area contributed by atoms with E-state index in [4.69, 9.17) is 4.74 Å². The minimum absolute atomic E-state index is 0.190. The van der Waals surface area contributed by atoms with Crippen LogP contribution in [0.3, 0.4) is 0 Å². The van der Waals surface area contributed by atoms with Crippen LogP contribution in [0.4, 0.5) is 10.5 Å². The molecule has 1 rings (SSSR count). The summed E-state index contributed by atoms with van der Waals surface area (Å²) >= 11 is 0. The lowest BCUT2D eigenvalue weighted by atomic mass is 10.3. The average Bonchev–Trinajstić information content (AvgIpc) is 2.35. The van der Waals surface area contributed by atoms with Gasteiger partial charge in [-0.3, -0.25) is 0 Å². The van der Waals surface area contributed by atoms with Crippen molar-refractivity contribution in [2.24, 2.45) is 0 Å². The first-order chi connectivity index (χ1) is 8.33. The second-order valence-electron chi connectivity index (χ2n) is 3.49. The van der Waals surface area contributed by atoms with Crippen molar-refractivity contribution >= 4 is 11.7 Å². The summed E-state index contributed by atoms with van der Waals surface area (Å²) in [4.78, 5) is 11.4. The molecule has 0 saturated carbocycles. The van der Waals surface area contributed by atoms with E-state index in [0.29, 0.717) is 13.2 Å². The number of methoxy groups -OCH3 is 1. The van der Waals surface area contributed by atoms with Crippen LogP contribution in [0.5, 0.6) is 0 Å². The van der Waals surface area contributed by atoms with E-state index in [1.165, 1.54) is 0 Å². The number of para-hydroxylation sites is 1. The Morgan fingerprint density at radius 2 is 1.94 bits per heavy atom. The Balaban J connectivity index is 2.06. The number of benzene rings is 1. The molecule has 0 heterocycles. The molecule has 0 spiro atoms. The molecule has 5 nitrogen and oxygen atoms in total. The highest BCUT2D eigenvalue weighted by Crippen LogP contribution is 2.03. The highest BCUT2D eigenvalue weighted by Gasteiger charge is 1.98. The molecule has 0 saturated heterocycles. The number of ether oxygens (including phenoxy) is 1. The number of amides is 2. The molecule has 0 fully saturated rings. The van der Waals surface area contributed by atoms with E-state index in [0.717, 1.165) is 18.8 Å². The molecule has 17 heavy (non-hydrogen) atoms. The highest BCUT2D eigenvalue weighted by atomic mass is 16.5. The van der Waals surface area contributed by atoms with Crippen LogP contribution in [-0.4, -0.2) is 39.4 Å². The Labute approximate surface area is 102 Å². The molecule has 1 aromatic rings. The Kier molecular flexibility index (Phi) is 6.78. The summed E-state index contributed by atoms with van der Waals surface area (Å²) in [5.41, 5.74) is 0.789. The van der Waals surface area contributed by atoms with Crippen LogP contribution in [0.2, 0.25) is 0 Å². The van der Waals surface area contributed by atoms with Gasteiger partial charge in [-0.2, -0.15) is 0 Å². The number of rotatable bonds is 7. The molecule has 0 aromatic heterocycles. The summed E-state index contributed by atoms with van der Waals surface area (Å²) in [6.07, 6.45) is 0.